The van der Waals surface area contributed by atoms with E-state index in [2.05, 4.69) is 146 Å². The Hall–Kier alpha value is -6.32. The van der Waals surface area contributed by atoms with Crippen molar-refractivity contribution in [2.45, 2.75) is 5.41 Å². The first kappa shape index (κ1) is 26.6. The maximum Gasteiger partial charge on any atom is 0.260 e. The maximum atomic E-state index is 6.70. The highest BCUT2D eigenvalue weighted by Crippen LogP contribution is 2.64. The molecular weight excluding hydrogens is 607 g/mol. The zero-order chi connectivity index (χ0) is 32.6. The van der Waals surface area contributed by atoms with E-state index in [1.165, 1.54) is 71.8 Å². The van der Waals surface area contributed by atoms with Gasteiger partial charge in [-0.15, -0.1) is 0 Å². The van der Waals surface area contributed by atoms with Crippen LogP contribution in [0.2, 0.25) is 0 Å². The van der Waals surface area contributed by atoms with Crippen LogP contribution in [0.1, 0.15) is 22.3 Å². The molecule has 2 aliphatic heterocycles. The molecule has 0 radical (unpaired) electrons. The smallest absolute Gasteiger partial charge is 0.260 e. The summed E-state index contributed by atoms with van der Waals surface area (Å²) in [5, 5.41) is 2.58. The number of hydrogen-bond donors (Lipinski definition) is 0. The second kappa shape index (κ2) is 9.43. The van der Waals surface area contributed by atoms with E-state index < -0.39 is 5.41 Å². The molecule has 3 heteroatoms. The molecular formula is C47H27BO2. The highest BCUT2D eigenvalue weighted by Gasteiger charge is 2.52. The predicted octanol–water partition coefficient (Wildman–Crippen LogP) is 9.58. The molecule has 2 heterocycles. The van der Waals surface area contributed by atoms with Crippen LogP contribution in [0.3, 0.4) is 0 Å². The fourth-order valence-electron chi connectivity index (χ4n) is 9.65. The van der Waals surface area contributed by atoms with Gasteiger partial charge in [0.15, 0.2) is 0 Å². The van der Waals surface area contributed by atoms with Crippen LogP contribution in [0.5, 0.6) is 23.0 Å². The van der Waals surface area contributed by atoms with Gasteiger partial charge in [-0.2, -0.15) is 0 Å². The minimum atomic E-state index is -0.430. The van der Waals surface area contributed by atoms with Crippen molar-refractivity contribution in [2.75, 3.05) is 0 Å². The first-order chi connectivity index (χ1) is 24.8. The van der Waals surface area contributed by atoms with Crippen molar-refractivity contribution in [3.8, 4) is 56.4 Å². The number of benzene rings is 8. The highest BCUT2D eigenvalue weighted by atomic mass is 16.5. The van der Waals surface area contributed by atoms with Gasteiger partial charge in [0.05, 0.1) is 5.41 Å². The Kier molecular flexibility index (Phi) is 5.02. The van der Waals surface area contributed by atoms with Gasteiger partial charge in [-0.05, 0) is 108 Å². The fourth-order valence-corrected chi connectivity index (χ4v) is 9.65. The predicted molar refractivity (Wildman–Crippen MR) is 203 cm³/mol. The summed E-state index contributed by atoms with van der Waals surface area (Å²) in [4.78, 5) is 0. The summed E-state index contributed by atoms with van der Waals surface area (Å²) in [7, 11) is 0. The molecule has 1 spiro atoms. The lowest BCUT2D eigenvalue weighted by atomic mass is 9.35. The van der Waals surface area contributed by atoms with E-state index >= 15 is 0 Å². The molecule has 0 bridgehead atoms. The lowest BCUT2D eigenvalue weighted by molar-refractivity contribution is 0.464. The largest absolute Gasteiger partial charge is 0.458 e. The molecule has 2 aliphatic carbocycles. The lowest BCUT2D eigenvalue weighted by Crippen LogP contribution is -2.57. The molecule has 0 N–H and O–H groups in total. The van der Waals surface area contributed by atoms with Gasteiger partial charge in [-0.25, -0.2) is 0 Å². The normalized spacial score (nSPS) is 14.4. The van der Waals surface area contributed by atoms with Crippen LogP contribution < -0.4 is 25.9 Å². The average Bonchev–Trinajstić information content (AvgIpc) is 3.65. The monoisotopic (exact) mass is 634 g/mol. The van der Waals surface area contributed by atoms with Gasteiger partial charge in [0, 0.05) is 5.46 Å². The van der Waals surface area contributed by atoms with Gasteiger partial charge in [-0.1, -0.05) is 133 Å². The Balaban J connectivity index is 1.10. The summed E-state index contributed by atoms with van der Waals surface area (Å²) < 4.78 is 13.0. The van der Waals surface area contributed by atoms with Gasteiger partial charge in [0.1, 0.15) is 23.0 Å². The zero-order valence-electron chi connectivity index (χ0n) is 27.0. The van der Waals surface area contributed by atoms with E-state index in [0.29, 0.717) is 0 Å². The number of para-hydroxylation sites is 1. The summed E-state index contributed by atoms with van der Waals surface area (Å²) in [6.07, 6.45) is 0. The molecule has 0 atom stereocenters. The topological polar surface area (TPSA) is 18.5 Å². The van der Waals surface area contributed by atoms with Crippen molar-refractivity contribution in [2.24, 2.45) is 0 Å². The molecule has 8 aromatic rings. The Morgan fingerprint density at radius 3 is 1.84 bits per heavy atom. The first-order valence-corrected chi connectivity index (χ1v) is 17.4. The van der Waals surface area contributed by atoms with Crippen molar-refractivity contribution in [1.29, 1.82) is 0 Å². The molecule has 4 aliphatic rings. The van der Waals surface area contributed by atoms with Crippen LogP contribution in [0, 0.1) is 0 Å². The molecule has 50 heavy (non-hydrogen) atoms. The maximum absolute atomic E-state index is 6.70. The van der Waals surface area contributed by atoms with Crippen molar-refractivity contribution in [1.82, 2.24) is 0 Å². The molecule has 0 unspecified atom stereocenters. The third kappa shape index (κ3) is 3.21. The molecule has 230 valence electrons. The van der Waals surface area contributed by atoms with Crippen LogP contribution in [-0.2, 0) is 5.41 Å². The van der Waals surface area contributed by atoms with E-state index in [1.54, 1.807) is 0 Å². The Morgan fingerprint density at radius 1 is 0.400 bits per heavy atom. The molecule has 0 aromatic heterocycles. The molecule has 8 aromatic carbocycles. The minimum absolute atomic E-state index is 0.0570. The zero-order valence-corrected chi connectivity index (χ0v) is 27.0. The van der Waals surface area contributed by atoms with E-state index in [-0.39, 0.29) is 6.71 Å². The van der Waals surface area contributed by atoms with E-state index in [9.17, 15) is 0 Å². The Bertz CT molecular complexity index is 2750. The minimum Gasteiger partial charge on any atom is -0.458 e. The summed E-state index contributed by atoms with van der Waals surface area (Å²) in [5.74, 6) is 3.54. The number of ether oxygens (including phenoxy) is 2. The third-order valence-corrected chi connectivity index (χ3v) is 11.6. The number of rotatable bonds is 1. The summed E-state index contributed by atoms with van der Waals surface area (Å²) in [5.41, 5.74) is 16.0. The van der Waals surface area contributed by atoms with Gasteiger partial charge in [-0.3, -0.25) is 0 Å². The number of fused-ring (bicyclic) bond motifs is 16. The first-order valence-electron chi connectivity index (χ1n) is 17.4. The molecule has 0 saturated heterocycles. The van der Waals surface area contributed by atoms with E-state index in [1.807, 2.05) is 18.2 Å². The third-order valence-electron chi connectivity index (χ3n) is 11.6. The molecule has 2 nitrogen and oxygen atoms in total. The van der Waals surface area contributed by atoms with Gasteiger partial charge < -0.3 is 9.47 Å². The van der Waals surface area contributed by atoms with Crippen molar-refractivity contribution in [3.05, 3.63) is 186 Å². The molecule has 0 fully saturated rings. The van der Waals surface area contributed by atoms with Crippen LogP contribution in [0.4, 0.5) is 0 Å². The van der Waals surface area contributed by atoms with Crippen LogP contribution in [-0.4, -0.2) is 6.71 Å². The molecule has 12 rings (SSSR count). The van der Waals surface area contributed by atoms with Crippen LogP contribution in [0.25, 0.3) is 44.2 Å². The van der Waals surface area contributed by atoms with Crippen molar-refractivity contribution in [3.63, 3.8) is 0 Å². The highest BCUT2D eigenvalue weighted by molar-refractivity contribution is 6.98. The lowest BCUT2D eigenvalue weighted by Gasteiger charge is -2.33. The average molecular weight is 635 g/mol. The SMILES string of the molecule is c1ccc2c(c1)Oc1cccc3c1B2c1ccc(-c2ccc4c(c2)C2(c5ccccc5-c5ccccc52)c2c-4ccc4ccccc24)cc1O3. The van der Waals surface area contributed by atoms with Crippen molar-refractivity contribution >= 4 is 33.9 Å². The quantitative estimate of drug-likeness (QED) is 0.168. The summed E-state index contributed by atoms with van der Waals surface area (Å²) in [6.45, 7) is 0.0570. The second-order valence-corrected chi connectivity index (χ2v) is 13.9. The van der Waals surface area contributed by atoms with Crippen molar-refractivity contribution < 1.29 is 9.47 Å². The molecule has 0 saturated carbocycles. The molecule has 0 amide bonds. The summed E-state index contributed by atoms with van der Waals surface area (Å²) >= 11 is 0. The standard InChI is InChI=1S/C47H27BO2/c1-2-11-31-28(10-1)20-24-35-34-23-21-29(26-38(34)47(45(31)35)36-14-5-3-12-32(36)33-13-4-6-15-37(33)47)30-22-25-40-44(27-30)50-43-19-9-18-42-46(43)48(40)39-16-7-8-17-41(39)49-42/h1-27H. The number of hydrogen-bond acceptors (Lipinski definition) is 2. The second-order valence-electron chi connectivity index (χ2n) is 13.9. The van der Waals surface area contributed by atoms with Gasteiger partial charge in [0.25, 0.3) is 6.71 Å². The van der Waals surface area contributed by atoms with Gasteiger partial charge >= 0.3 is 0 Å². The fraction of sp³-hybridized carbons (Fsp3) is 0.0213. The van der Waals surface area contributed by atoms with Crippen LogP contribution >= 0.6 is 0 Å². The van der Waals surface area contributed by atoms with Crippen LogP contribution in [0.15, 0.2) is 164 Å². The summed E-state index contributed by atoms with van der Waals surface area (Å²) in [6, 6.07) is 60.0. The van der Waals surface area contributed by atoms with E-state index in [0.717, 1.165) is 34.0 Å². The van der Waals surface area contributed by atoms with Gasteiger partial charge in [0.2, 0.25) is 0 Å². The Labute approximate surface area is 290 Å². The Morgan fingerprint density at radius 2 is 1.00 bits per heavy atom. The van der Waals surface area contributed by atoms with E-state index in [4.69, 9.17) is 9.47 Å².